The summed E-state index contributed by atoms with van der Waals surface area (Å²) < 4.78 is 29.7. The maximum absolute atomic E-state index is 13.2. The second kappa shape index (κ2) is 9.37. The van der Waals surface area contributed by atoms with Crippen LogP contribution in [0, 0.1) is 0 Å². The number of amides is 1. The molecule has 1 amide bonds. The highest BCUT2D eigenvalue weighted by atomic mass is 32.2. The number of carbonyl (C=O) groups excluding carboxylic acids is 1. The van der Waals surface area contributed by atoms with Gasteiger partial charge in [0.05, 0.1) is 17.1 Å². The van der Waals surface area contributed by atoms with E-state index >= 15 is 0 Å². The molecule has 1 N–H and O–H groups in total. The van der Waals surface area contributed by atoms with Gasteiger partial charge in [0.1, 0.15) is 9.90 Å². The van der Waals surface area contributed by atoms with Crippen LogP contribution in [0.3, 0.4) is 0 Å². The number of para-hydroxylation sites is 1. The number of sulfonamides is 1. The van der Waals surface area contributed by atoms with Gasteiger partial charge in [-0.3, -0.25) is 4.79 Å². The minimum atomic E-state index is -3.69. The summed E-state index contributed by atoms with van der Waals surface area (Å²) in [5.41, 5.74) is 2.49. The van der Waals surface area contributed by atoms with E-state index in [0.717, 1.165) is 38.0 Å². The third-order valence-electron chi connectivity index (χ3n) is 4.77. The molecule has 3 aromatic heterocycles. The van der Waals surface area contributed by atoms with Crippen LogP contribution in [0.5, 0.6) is 0 Å². The molecule has 0 spiro atoms. The van der Waals surface area contributed by atoms with E-state index in [-0.39, 0.29) is 16.7 Å². The number of nitrogens with one attached hydrogen (secondary N) is 1. The molecule has 0 aliphatic carbocycles. The van der Waals surface area contributed by atoms with Crippen molar-refractivity contribution in [2.75, 3.05) is 7.05 Å². The van der Waals surface area contributed by atoms with E-state index in [1.807, 2.05) is 54.0 Å². The van der Waals surface area contributed by atoms with E-state index < -0.39 is 10.0 Å². The van der Waals surface area contributed by atoms with E-state index in [9.17, 15) is 13.2 Å². The molecule has 0 aliphatic heterocycles. The van der Waals surface area contributed by atoms with Crippen molar-refractivity contribution in [3.05, 3.63) is 76.6 Å². The van der Waals surface area contributed by atoms with E-state index in [1.54, 1.807) is 35.2 Å². The van der Waals surface area contributed by atoms with Gasteiger partial charge in [-0.2, -0.15) is 9.40 Å². The minimum Gasteiger partial charge on any atom is -0.351 e. The van der Waals surface area contributed by atoms with Gasteiger partial charge in [-0.25, -0.2) is 13.1 Å². The fourth-order valence-electron chi connectivity index (χ4n) is 3.14. The van der Waals surface area contributed by atoms with Gasteiger partial charge in [0.2, 0.25) is 5.91 Å². The molecule has 4 rings (SSSR count). The molecule has 166 valence electrons. The Morgan fingerprint density at radius 2 is 1.91 bits per heavy atom. The standard InChI is InChI=1S/C22H22N4O3S3/c1-16(27)23-13-19-10-11-21(31-19)32(28,29)25(2)14-17-15-26(18-7-4-3-5-8-18)24-22(17)20-9-6-12-30-20/h3-12,15H,13-14H2,1-2H3,(H,23,27). The number of thiophene rings is 2. The normalized spacial score (nSPS) is 11.7. The second-order valence-electron chi connectivity index (χ2n) is 7.15. The van der Waals surface area contributed by atoms with Crippen molar-refractivity contribution < 1.29 is 13.2 Å². The van der Waals surface area contributed by atoms with E-state index in [2.05, 4.69) is 5.32 Å². The first-order chi connectivity index (χ1) is 15.3. The van der Waals surface area contributed by atoms with Crippen LogP contribution >= 0.6 is 22.7 Å². The first-order valence-electron chi connectivity index (χ1n) is 9.82. The fraction of sp³-hybridized carbons (Fsp3) is 0.182. The maximum atomic E-state index is 13.2. The Hall–Kier alpha value is -2.79. The van der Waals surface area contributed by atoms with Crippen molar-refractivity contribution in [1.82, 2.24) is 19.4 Å². The average molecular weight is 487 g/mol. The molecule has 32 heavy (non-hydrogen) atoms. The highest BCUT2D eigenvalue weighted by Gasteiger charge is 2.25. The zero-order chi connectivity index (χ0) is 22.7. The van der Waals surface area contributed by atoms with Gasteiger partial charge in [0.15, 0.2) is 0 Å². The second-order valence-corrected chi connectivity index (χ2v) is 11.5. The van der Waals surface area contributed by atoms with Crippen molar-refractivity contribution in [2.45, 2.75) is 24.2 Å². The number of rotatable bonds is 8. The van der Waals surface area contributed by atoms with Crippen LogP contribution in [-0.2, 0) is 27.9 Å². The van der Waals surface area contributed by atoms with E-state index in [0.29, 0.717) is 6.54 Å². The monoisotopic (exact) mass is 486 g/mol. The van der Waals surface area contributed by atoms with E-state index in [1.165, 1.54) is 11.2 Å². The molecule has 0 unspecified atom stereocenters. The molecule has 0 radical (unpaired) electrons. The molecule has 0 aliphatic rings. The minimum absolute atomic E-state index is 0.156. The summed E-state index contributed by atoms with van der Waals surface area (Å²) >= 11 is 2.73. The van der Waals surface area contributed by atoms with Gasteiger partial charge in [0, 0.05) is 37.2 Å². The molecule has 1 aromatic carbocycles. The lowest BCUT2D eigenvalue weighted by Gasteiger charge is -2.15. The number of aromatic nitrogens is 2. The van der Waals surface area contributed by atoms with Crippen LogP contribution in [-0.4, -0.2) is 35.5 Å². The van der Waals surface area contributed by atoms with Crippen LogP contribution in [0.25, 0.3) is 16.3 Å². The Morgan fingerprint density at radius 3 is 2.59 bits per heavy atom. The number of nitrogens with zero attached hydrogens (tertiary/aromatic N) is 3. The van der Waals surface area contributed by atoms with Crippen molar-refractivity contribution in [1.29, 1.82) is 0 Å². The maximum Gasteiger partial charge on any atom is 0.252 e. The Bertz CT molecular complexity index is 1310. The molecular weight excluding hydrogens is 464 g/mol. The first-order valence-corrected chi connectivity index (χ1v) is 13.0. The fourth-order valence-corrected chi connectivity index (χ4v) is 6.54. The summed E-state index contributed by atoms with van der Waals surface area (Å²) in [6.45, 7) is 1.92. The first kappa shape index (κ1) is 22.4. The van der Waals surface area contributed by atoms with Crippen LogP contribution in [0.4, 0.5) is 0 Å². The predicted molar refractivity (Wildman–Crippen MR) is 127 cm³/mol. The Morgan fingerprint density at radius 1 is 1.12 bits per heavy atom. The quantitative estimate of drug-likeness (QED) is 0.406. The number of hydrogen-bond acceptors (Lipinski definition) is 6. The lowest BCUT2D eigenvalue weighted by molar-refractivity contribution is -0.119. The van der Waals surface area contributed by atoms with Crippen molar-refractivity contribution in [3.8, 4) is 16.3 Å². The SMILES string of the molecule is CC(=O)NCc1ccc(S(=O)(=O)N(C)Cc2cn(-c3ccccc3)nc2-c2cccs2)s1. The summed E-state index contributed by atoms with van der Waals surface area (Å²) in [6, 6.07) is 17.0. The number of benzene rings is 1. The molecule has 0 saturated heterocycles. The van der Waals surface area contributed by atoms with Gasteiger partial charge in [-0.1, -0.05) is 24.3 Å². The highest BCUT2D eigenvalue weighted by Crippen LogP contribution is 2.30. The van der Waals surface area contributed by atoms with Gasteiger partial charge >= 0.3 is 0 Å². The van der Waals surface area contributed by atoms with Crippen LogP contribution in [0.2, 0.25) is 0 Å². The molecular formula is C22H22N4O3S3. The average Bonchev–Trinajstić information content (AvgIpc) is 3.53. The smallest absolute Gasteiger partial charge is 0.252 e. The Kier molecular flexibility index (Phi) is 6.56. The molecule has 0 atom stereocenters. The van der Waals surface area contributed by atoms with Crippen LogP contribution in [0.1, 0.15) is 17.4 Å². The third kappa shape index (κ3) is 4.83. The Balaban J connectivity index is 1.61. The van der Waals surface area contributed by atoms with Crippen molar-refractivity contribution >= 4 is 38.6 Å². The topological polar surface area (TPSA) is 84.3 Å². The zero-order valence-electron chi connectivity index (χ0n) is 17.6. The molecule has 10 heteroatoms. The lowest BCUT2D eigenvalue weighted by Crippen LogP contribution is -2.25. The van der Waals surface area contributed by atoms with Gasteiger partial charge < -0.3 is 5.32 Å². The molecule has 3 heterocycles. The van der Waals surface area contributed by atoms with Crippen molar-refractivity contribution in [3.63, 3.8) is 0 Å². The van der Waals surface area contributed by atoms with E-state index in [4.69, 9.17) is 5.10 Å². The number of carbonyl (C=O) groups is 1. The summed E-state index contributed by atoms with van der Waals surface area (Å²) in [5.74, 6) is -0.156. The molecule has 4 aromatic rings. The highest BCUT2D eigenvalue weighted by molar-refractivity contribution is 7.91. The largest absolute Gasteiger partial charge is 0.351 e. The summed E-state index contributed by atoms with van der Waals surface area (Å²) in [6.07, 6.45) is 1.88. The number of hydrogen-bond donors (Lipinski definition) is 1. The molecule has 0 fully saturated rings. The summed E-state index contributed by atoms with van der Waals surface area (Å²) in [4.78, 5) is 12.9. The molecule has 0 saturated carbocycles. The zero-order valence-corrected chi connectivity index (χ0v) is 20.0. The van der Waals surface area contributed by atoms with Crippen molar-refractivity contribution in [2.24, 2.45) is 0 Å². The predicted octanol–water partition coefficient (Wildman–Crippen LogP) is 4.12. The summed E-state index contributed by atoms with van der Waals surface area (Å²) in [5, 5.41) is 9.41. The lowest BCUT2D eigenvalue weighted by atomic mass is 10.2. The molecule has 0 bridgehead atoms. The van der Waals surface area contributed by atoms with Crippen LogP contribution in [0.15, 0.2) is 70.4 Å². The Labute approximate surface area is 195 Å². The van der Waals surface area contributed by atoms with Crippen LogP contribution < -0.4 is 5.32 Å². The third-order valence-corrected chi connectivity index (χ3v) is 9.00. The van der Waals surface area contributed by atoms with Gasteiger partial charge in [0.25, 0.3) is 10.0 Å². The van der Waals surface area contributed by atoms with Gasteiger partial charge in [-0.15, -0.1) is 22.7 Å². The summed E-state index contributed by atoms with van der Waals surface area (Å²) in [7, 11) is -2.12. The van der Waals surface area contributed by atoms with Gasteiger partial charge in [-0.05, 0) is 35.7 Å². The molecule has 7 nitrogen and oxygen atoms in total.